The molecule has 0 aliphatic carbocycles. The summed E-state index contributed by atoms with van der Waals surface area (Å²) in [4.78, 5) is 11.4. The van der Waals surface area contributed by atoms with E-state index in [1.54, 1.807) is 6.07 Å². The molecular formula is C74H81FN4O. The second-order valence-electron chi connectivity index (χ2n) is 26.7. The van der Waals surface area contributed by atoms with Gasteiger partial charge in [0, 0.05) is 22.8 Å². The van der Waals surface area contributed by atoms with Gasteiger partial charge in [-0.15, -0.1) is 0 Å². The Morgan fingerprint density at radius 1 is 0.400 bits per heavy atom. The predicted octanol–water partition coefficient (Wildman–Crippen LogP) is 20.9. The van der Waals surface area contributed by atoms with E-state index in [4.69, 9.17) is 9.97 Å². The monoisotopic (exact) mass is 1060 g/mol. The Labute approximate surface area is 475 Å². The van der Waals surface area contributed by atoms with Crippen LogP contribution in [0.1, 0.15) is 180 Å². The Hall–Kier alpha value is -7.57. The van der Waals surface area contributed by atoms with Gasteiger partial charge in [0.1, 0.15) is 23.2 Å². The van der Waals surface area contributed by atoms with E-state index >= 15 is 4.39 Å². The molecule has 410 valence electrons. The van der Waals surface area contributed by atoms with Crippen molar-refractivity contribution >= 4 is 22.1 Å². The summed E-state index contributed by atoms with van der Waals surface area (Å²) in [5, 5.41) is 12.9. The minimum Gasteiger partial charge on any atom is -0.507 e. The van der Waals surface area contributed by atoms with Crippen LogP contribution in [0.3, 0.4) is 0 Å². The van der Waals surface area contributed by atoms with Crippen molar-refractivity contribution in [3.63, 3.8) is 0 Å². The van der Waals surface area contributed by atoms with E-state index in [1.807, 2.05) is 6.07 Å². The molecular weight excluding hydrogens is 980 g/mol. The van der Waals surface area contributed by atoms with Gasteiger partial charge in [0.2, 0.25) is 0 Å². The van der Waals surface area contributed by atoms with E-state index in [9.17, 15) is 5.11 Å². The molecule has 6 heteroatoms. The number of hydrogen-bond acceptors (Lipinski definition) is 3. The number of benzene rings is 8. The van der Waals surface area contributed by atoms with E-state index in [1.165, 1.54) is 39.4 Å². The van der Waals surface area contributed by atoms with Crippen LogP contribution in [0.2, 0.25) is 0 Å². The fourth-order valence-electron chi connectivity index (χ4n) is 11.6. The molecule has 0 aliphatic heterocycles. The first-order valence-corrected chi connectivity index (χ1v) is 28.9. The third-order valence-corrected chi connectivity index (χ3v) is 16.2. The van der Waals surface area contributed by atoms with E-state index in [0.29, 0.717) is 11.4 Å². The number of imidazole rings is 2. The number of hydrogen-bond donors (Lipinski definition) is 1. The fraction of sp³-hybridized carbons (Fsp3) is 0.324. The molecule has 0 radical (unpaired) electrons. The minimum atomic E-state index is -0.368. The molecule has 0 saturated carbocycles. The van der Waals surface area contributed by atoms with Gasteiger partial charge in [-0.1, -0.05) is 203 Å². The summed E-state index contributed by atoms with van der Waals surface area (Å²) in [5.74, 6) is 1.91. The van der Waals surface area contributed by atoms with Crippen LogP contribution in [-0.2, 0) is 16.2 Å². The molecule has 8 aromatic carbocycles. The number of aromatic hydroxyl groups is 1. The fourth-order valence-corrected chi connectivity index (χ4v) is 11.6. The van der Waals surface area contributed by atoms with E-state index < -0.39 is 0 Å². The average Bonchev–Trinajstić information content (AvgIpc) is 4.15. The molecule has 0 unspecified atom stereocenters. The number of nitrogens with zero attached hydrogens (tertiary/aromatic N) is 4. The summed E-state index contributed by atoms with van der Waals surface area (Å²) in [6.07, 6.45) is 0. The lowest BCUT2D eigenvalue weighted by atomic mass is 9.78. The van der Waals surface area contributed by atoms with E-state index in [-0.39, 0.29) is 51.5 Å². The summed E-state index contributed by atoms with van der Waals surface area (Å²) in [5.41, 5.74) is 20.6. The highest BCUT2D eigenvalue weighted by atomic mass is 19.1. The Morgan fingerprint density at radius 2 is 0.875 bits per heavy atom. The second kappa shape index (κ2) is 20.8. The zero-order chi connectivity index (χ0) is 57.5. The number of aromatic nitrogens is 4. The third kappa shape index (κ3) is 10.3. The highest BCUT2D eigenvalue weighted by Gasteiger charge is 2.32. The van der Waals surface area contributed by atoms with Gasteiger partial charge < -0.3 is 5.11 Å². The van der Waals surface area contributed by atoms with Gasteiger partial charge in [-0.05, 0) is 162 Å². The maximum absolute atomic E-state index is 15.8. The third-order valence-electron chi connectivity index (χ3n) is 16.2. The largest absolute Gasteiger partial charge is 0.507 e. The molecule has 2 heterocycles. The lowest BCUT2D eigenvalue weighted by Gasteiger charge is -2.28. The molecule has 5 nitrogen and oxygen atoms in total. The first kappa shape index (κ1) is 55.7. The highest BCUT2D eigenvalue weighted by molar-refractivity contribution is 5.98. The van der Waals surface area contributed by atoms with Crippen molar-refractivity contribution in [2.45, 2.75) is 158 Å². The summed E-state index contributed by atoms with van der Waals surface area (Å²) in [6.45, 7) is 38.1. The van der Waals surface area contributed by atoms with Crippen molar-refractivity contribution in [1.29, 1.82) is 0 Å². The summed E-state index contributed by atoms with van der Waals surface area (Å²) < 4.78 is 20.5. The molecule has 10 aromatic rings. The maximum atomic E-state index is 15.8. The predicted molar refractivity (Wildman–Crippen MR) is 337 cm³/mol. The number of phenols is 1. The van der Waals surface area contributed by atoms with Crippen LogP contribution in [0.25, 0.3) is 89.6 Å². The first-order valence-electron chi connectivity index (χ1n) is 28.9. The first-order chi connectivity index (χ1) is 37.7. The van der Waals surface area contributed by atoms with Crippen LogP contribution in [0, 0.1) is 5.82 Å². The van der Waals surface area contributed by atoms with Crippen LogP contribution >= 0.6 is 0 Å². The van der Waals surface area contributed by atoms with Crippen LogP contribution in [0.4, 0.5) is 4.39 Å². The highest BCUT2D eigenvalue weighted by Crippen LogP contribution is 2.48. The zero-order valence-corrected chi connectivity index (χ0v) is 50.4. The Kier molecular flexibility index (Phi) is 14.5. The molecule has 0 fully saturated rings. The SMILES string of the molecule is CC(C)c1cc(-c2ccccc2)cc(C(C)C)c1-n1c(-c2cc(-c3cccc4c3nc(-c3cc(C(C)(C)C)cc(C(C)(C)C)c3O)n4-c3c(C(C)C)cc(-c4ccccc4)cc3C(C)C)cc(C(C)(C)C)c2)nc2ccc(F)cc21. The quantitative estimate of drug-likeness (QED) is 0.140. The summed E-state index contributed by atoms with van der Waals surface area (Å²) in [6, 6.07) is 53.4. The number of fused-ring (bicyclic) bond motifs is 2. The minimum absolute atomic E-state index is 0.133. The summed E-state index contributed by atoms with van der Waals surface area (Å²) in [7, 11) is 0. The molecule has 0 aliphatic rings. The summed E-state index contributed by atoms with van der Waals surface area (Å²) >= 11 is 0. The van der Waals surface area contributed by atoms with Gasteiger partial charge in [-0.25, -0.2) is 14.4 Å². The van der Waals surface area contributed by atoms with E-state index in [0.717, 1.165) is 83.8 Å². The van der Waals surface area contributed by atoms with E-state index in [2.05, 4.69) is 260 Å². The van der Waals surface area contributed by atoms with Crippen molar-refractivity contribution in [2.24, 2.45) is 0 Å². The van der Waals surface area contributed by atoms with Crippen molar-refractivity contribution < 1.29 is 9.50 Å². The normalized spacial score (nSPS) is 12.6. The van der Waals surface area contributed by atoms with Crippen molar-refractivity contribution in [1.82, 2.24) is 19.1 Å². The average molecular weight is 1060 g/mol. The van der Waals surface area contributed by atoms with Crippen LogP contribution in [0.5, 0.6) is 5.75 Å². The van der Waals surface area contributed by atoms with Crippen LogP contribution in [0.15, 0.2) is 152 Å². The smallest absolute Gasteiger partial charge is 0.149 e. The Morgan fingerprint density at radius 3 is 1.35 bits per heavy atom. The second-order valence-corrected chi connectivity index (χ2v) is 26.7. The van der Waals surface area contributed by atoms with Crippen molar-refractivity contribution in [3.05, 3.63) is 196 Å². The van der Waals surface area contributed by atoms with Gasteiger partial charge in [0.25, 0.3) is 0 Å². The lowest BCUT2D eigenvalue weighted by molar-refractivity contribution is 0.446. The molecule has 0 amide bonds. The van der Waals surface area contributed by atoms with Gasteiger partial charge >= 0.3 is 0 Å². The standard InChI is InChI=1S/C74H81FN4O/c1-43(2)57-36-49(47-25-20-18-21-26-47)37-58(44(3)4)67(57)78-64-30-24-29-56(66(64)77-71(78)61-40-54(73(12,13)14)41-62(69(61)80)74(15,16)17)51-33-52(35-53(34-51)72(9,10)11)70-76-63-32-31-55(75)42-65(63)79(70)68-59(45(5)6)38-50(39-60(68)46(7)8)48-27-22-19-23-28-48/h18-46,80H,1-17H3. The molecule has 0 atom stereocenters. The molecule has 0 saturated heterocycles. The molecule has 10 rings (SSSR count). The number of para-hydroxylation sites is 1. The van der Waals surface area contributed by atoms with Gasteiger partial charge in [-0.3, -0.25) is 9.13 Å². The van der Waals surface area contributed by atoms with Gasteiger partial charge in [0.15, 0.2) is 0 Å². The number of phenolic OH excluding ortho intramolecular Hbond substituents is 1. The maximum Gasteiger partial charge on any atom is 0.149 e. The van der Waals surface area contributed by atoms with Gasteiger partial charge in [0.05, 0.1) is 39.0 Å². The molecule has 0 spiro atoms. The van der Waals surface area contributed by atoms with Crippen molar-refractivity contribution in [3.8, 4) is 73.3 Å². The lowest BCUT2D eigenvalue weighted by Crippen LogP contribution is -2.17. The molecule has 80 heavy (non-hydrogen) atoms. The van der Waals surface area contributed by atoms with Crippen LogP contribution < -0.4 is 0 Å². The topological polar surface area (TPSA) is 55.9 Å². The Balaban J connectivity index is 1.32. The molecule has 0 bridgehead atoms. The van der Waals surface area contributed by atoms with Gasteiger partial charge in [-0.2, -0.15) is 0 Å². The molecule has 2 aromatic heterocycles. The number of halogens is 1. The number of rotatable bonds is 11. The van der Waals surface area contributed by atoms with Crippen LogP contribution in [-0.4, -0.2) is 24.2 Å². The Bertz CT molecular complexity index is 3900. The zero-order valence-electron chi connectivity index (χ0n) is 50.4. The molecule has 1 N–H and O–H groups in total. The van der Waals surface area contributed by atoms with Crippen molar-refractivity contribution in [2.75, 3.05) is 0 Å².